The van der Waals surface area contributed by atoms with Crippen LogP contribution in [0.5, 0.6) is 11.5 Å². The van der Waals surface area contributed by atoms with E-state index in [4.69, 9.17) is 28.7 Å². The van der Waals surface area contributed by atoms with E-state index in [9.17, 15) is 0 Å². The minimum Gasteiger partial charge on any atom is -0.477 e. The van der Waals surface area contributed by atoms with Crippen molar-refractivity contribution in [2.24, 2.45) is 0 Å². The molecular weight excluding hydrogens is 250 g/mol. The molecule has 0 saturated carbocycles. The van der Waals surface area contributed by atoms with Gasteiger partial charge in [-0.1, -0.05) is 23.8 Å². The van der Waals surface area contributed by atoms with Crippen LogP contribution >= 0.6 is 0 Å². The van der Waals surface area contributed by atoms with Crippen LogP contribution in [0.1, 0.15) is 5.56 Å². The van der Waals surface area contributed by atoms with Gasteiger partial charge in [0.1, 0.15) is 13.2 Å². The van der Waals surface area contributed by atoms with Crippen LogP contribution in [0.25, 0.3) is 0 Å². The van der Waals surface area contributed by atoms with Gasteiger partial charge < -0.3 is 14.8 Å². The minimum atomic E-state index is 0.186. The molecule has 0 amide bonds. The van der Waals surface area contributed by atoms with Crippen LogP contribution < -0.4 is 14.8 Å². The molecule has 3 heteroatoms. The van der Waals surface area contributed by atoms with Gasteiger partial charge in [0, 0.05) is 6.54 Å². The molecule has 1 rings (SSSR count). The van der Waals surface area contributed by atoms with Crippen LogP contribution in [0, 0.1) is 37.0 Å². The summed E-state index contributed by atoms with van der Waals surface area (Å²) in [7, 11) is 0. The Kier molecular flexibility index (Phi) is 7.29. The van der Waals surface area contributed by atoms with Gasteiger partial charge >= 0.3 is 0 Å². The highest BCUT2D eigenvalue weighted by molar-refractivity contribution is 5.43. The normalized spacial score (nSPS) is 9.05. The highest BCUT2D eigenvalue weighted by atomic mass is 16.5. The average Bonchev–Trinajstić information content (AvgIpc) is 2.48. The lowest BCUT2D eigenvalue weighted by molar-refractivity contribution is 0.314. The van der Waals surface area contributed by atoms with Crippen molar-refractivity contribution in [2.75, 3.05) is 26.3 Å². The molecule has 0 saturated heterocycles. The summed E-state index contributed by atoms with van der Waals surface area (Å²) in [6.45, 7) is 1.73. The van der Waals surface area contributed by atoms with Crippen molar-refractivity contribution in [1.82, 2.24) is 5.32 Å². The van der Waals surface area contributed by atoms with Gasteiger partial charge in [0.25, 0.3) is 0 Å². The van der Waals surface area contributed by atoms with E-state index in [2.05, 4.69) is 23.1 Å². The predicted octanol–water partition coefficient (Wildman–Crippen LogP) is 1.48. The van der Waals surface area contributed by atoms with E-state index in [1.165, 1.54) is 0 Å². The van der Waals surface area contributed by atoms with Gasteiger partial charge in [-0.3, -0.25) is 0 Å². The molecule has 0 atom stereocenters. The van der Waals surface area contributed by atoms with Crippen LogP contribution in [-0.4, -0.2) is 26.3 Å². The van der Waals surface area contributed by atoms with Crippen LogP contribution in [0.3, 0.4) is 0 Å². The highest BCUT2D eigenvalue weighted by Crippen LogP contribution is 2.28. The van der Waals surface area contributed by atoms with E-state index >= 15 is 0 Å². The Bertz CT molecular complexity index is 544. The predicted molar refractivity (Wildman–Crippen MR) is 80.5 cm³/mol. The van der Waals surface area contributed by atoms with Crippen molar-refractivity contribution >= 4 is 0 Å². The summed E-state index contributed by atoms with van der Waals surface area (Å²) in [4.78, 5) is 0. The zero-order valence-corrected chi connectivity index (χ0v) is 11.3. The third kappa shape index (κ3) is 5.40. The molecule has 0 heterocycles. The molecule has 0 aliphatic carbocycles. The first kappa shape index (κ1) is 15.5. The first-order valence-corrected chi connectivity index (χ1v) is 6.21. The summed E-state index contributed by atoms with van der Waals surface area (Å²) >= 11 is 0. The molecule has 0 bridgehead atoms. The maximum absolute atomic E-state index is 5.47. The number of terminal acetylenes is 3. The molecule has 0 spiro atoms. The molecule has 0 aromatic heterocycles. The number of rotatable bonds is 8. The second-order valence-corrected chi connectivity index (χ2v) is 3.90. The van der Waals surface area contributed by atoms with Crippen molar-refractivity contribution in [3.8, 4) is 48.5 Å². The Labute approximate surface area is 120 Å². The van der Waals surface area contributed by atoms with Crippen molar-refractivity contribution < 1.29 is 9.47 Å². The molecule has 0 aliphatic rings. The van der Waals surface area contributed by atoms with Crippen LogP contribution in [0.2, 0.25) is 0 Å². The number of ether oxygens (including phenoxy) is 2. The highest BCUT2D eigenvalue weighted by Gasteiger charge is 2.06. The lowest BCUT2D eigenvalue weighted by Crippen LogP contribution is -2.17. The van der Waals surface area contributed by atoms with E-state index < -0.39 is 0 Å². The average molecular weight is 267 g/mol. The van der Waals surface area contributed by atoms with Crippen LogP contribution in [-0.2, 0) is 6.42 Å². The van der Waals surface area contributed by atoms with Crippen molar-refractivity contribution in [1.29, 1.82) is 0 Å². The molecule has 1 aromatic carbocycles. The van der Waals surface area contributed by atoms with Gasteiger partial charge in [-0.25, -0.2) is 0 Å². The lowest BCUT2D eigenvalue weighted by atomic mass is 10.1. The zero-order chi connectivity index (χ0) is 14.6. The van der Waals surface area contributed by atoms with Crippen molar-refractivity contribution in [3.05, 3.63) is 23.8 Å². The van der Waals surface area contributed by atoms with E-state index in [-0.39, 0.29) is 13.2 Å². The van der Waals surface area contributed by atoms with E-state index in [1.807, 2.05) is 18.2 Å². The molecule has 20 heavy (non-hydrogen) atoms. The Morgan fingerprint density at radius 2 is 1.65 bits per heavy atom. The van der Waals surface area contributed by atoms with Crippen molar-refractivity contribution in [2.45, 2.75) is 6.42 Å². The van der Waals surface area contributed by atoms with Crippen LogP contribution in [0.15, 0.2) is 18.2 Å². The van der Waals surface area contributed by atoms with E-state index in [0.717, 1.165) is 18.5 Å². The maximum Gasteiger partial charge on any atom is 0.162 e. The SMILES string of the molecule is C#CCNCCc1ccc(OCC#C)c(OCC#C)c1. The third-order valence-electron chi connectivity index (χ3n) is 2.45. The summed E-state index contributed by atoms with van der Waals surface area (Å²) in [6, 6.07) is 5.70. The summed E-state index contributed by atoms with van der Waals surface area (Å²) in [5.74, 6) is 8.57. The summed E-state index contributed by atoms with van der Waals surface area (Å²) < 4.78 is 10.9. The summed E-state index contributed by atoms with van der Waals surface area (Å²) in [5, 5.41) is 3.13. The molecule has 0 fully saturated rings. The van der Waals surface area contributed by atoms with Gasteiger partial charge in [-0.2, -0.15) is 0 Å². The Morgan fingerprint density at radius 3 is 2.30 bits per heavy atom. The standard InChI is InChI=1S/C17H17NO2/c1-4-10-18-11-9-15-7-8-16(19-12-5-2)17(14-15)20-13-6-3/h1-3,7-8,14,18H,9-13H2. The second kappa shape index (κ2) is 9.40. The summed E-state index contributed by atoms with van der Waals surface area (Å²) in [6.07, 6.45) is 16.4. The quantitative estimate of drug-likeness (QED) is 0.571. The van der Waals surface area contributed by atoms with Crippen LogP contribution in [0.4, 0.5) is 0 Å². The Morgan fingerprint density at radius 1 is 0.950 bits per heavy atom. The first-order valence-electron chi connectivity index (χ1n) is 6.21. The van der Waals surface area contributed by atoms with Gasteiger partial charge in [0.15, 0.2) is 11.5 Å². The Hall–Kier alpha value is -2.54. The van der Waals surface area contributed by atoms with Gasteiger partial charge in [0.05, 0.1) is 6.54 Å². The lowest BCUT2D eigenvalue weighted by Gasteiger charge is -2.12. The number of hydrogen-bond donors (Lipinski definition) is 1. The molecule has 0 radical (unpaired) electrons. The van der Waals surface area contributed by atoms with E-state index in [1.54, 1.807) is 0 Å². The number of benzene rings is 1. The number of hydrogen-bond acceptors (Lipinski definition) is 3. The molecular formula is C17H17NO2. The van der Waals surface area contributed by atoms with Gasteiger partial charge in [-0.15, -0.1) is 19.3 Å². The number of nitrogens with one attached hydrogen (secondary N) is 1. The molecule has 0 aliphatic heterocycles. The second-order valence-electron chi connectivity index (χ2n) is 3.90. The first-order chi connectivity index (χ1) is 9.81. The van der Waals surface area contributed by atoms with Crippen molar-refractivity contribution in [3.63, 3.8) is 0 Å². The molecule has 1 N–H and O–H groups in total. The Balaban J connectivity index is 2.71. The van der Waals surface area contributed by atoms with E-state index in [0.29, 0.717) is 18.0 Å². The third-order valence-corrected chi connectivity index (χ3v) is 2.45. The molecule has 0 unspecified atom stereocenters. The largest absolute Gasteiger partial charge is 0.477 e. The molecule has 1 aromatic rings. The van der Waals surface area contributed by atoms with Gasteiger partial charge in [0.2, 0.25) is 0 Å². The fourth-order valence-electron chi connectivity index (χ4n) is 1.57. The fraction of sp³-hybridized carbons (Fsp3) is 0.294. The molecule has 3 nitrogen and oxygen atoms in total. The maximum atomic E-state index is 5.47. The zero-order valence-electron chi connectivity index (χ0n) is 11.3. The molecule has 102 valence electrons. The topological polar surface area (TPSA) is 30.5 Å². The summed E-state index contributed by atoms with van der Waals surface area (Å²) in [5.41, 5.74) is 1.11. The minimum absolute atomic E-state index is 0.186. The van der Waals surface area contributed by atoms with Gasteiger partial charge in [-0.05, 0) is 24.1 Å². The monoisotopic (exact) mass is 267 g/mol. The smallest absolute Gasteiger partial charge is 0.162 e. The fourth-order valence-corrected chi connectivity index (χ4v) is 1.57.